The van der Waals surface area contributed by atoms with E-state index >= 15 is 0 Å². The van der Waals surface area contributed by atoms with Crippen LogP contribution in [0, 0.1) is 34.5 Å². The van der Waals surface area contributed by atoms with E-state index in [9.17, 15) is 4.79 Å². The summed E-state index contributed by atoms with van der Waals surface area (Å²) in [6.45, 7) is 11.0. The van der Waals surface area contributed by atoms with Crippen LogP contribution in [-0.2, 0) is 4.79 Å². The number of hydrogen-bond acceptors (Lipinski definition) is 2. The first-order valence-electron chi connectivity index (χ1n) is 9.81. The molecule has 0 aromatic rings. The van der Waals surface area contributed by atoms with Crippen molar-refractivity contribution in [3.63, 3.8) is 0 Å². The third-order valence-electron chi connectivity index (χ3n) is 8.70. The minimum Gasteiger partial charge on any atom is -0.386 e. The van der Waals surface area contributed by atoms with E-state index in [1.807, 2.05) is 6.92 Å². The summed E-state index contributed by atoms with van der Waals surface area (Å²) in [7, 11) is 0. The Morgan fingerprint density at radius 3 is 2.52 bits per heavy atom. The van der Waals surface area contributed by atoms with E-state index in [0.29, 0.717) is 28.6 Å². The molecule has 3 saturated carbocycles. The highest BCUT2D eigenvalue weighted by Crippen LogP contribution is 2.65. The minimum atomic E-state index is 0.294. The lowest BCUT2D eigenvalue weighted by Gasteiger charge is -2.60. The summed E-state index contributed by atoms with van der Waals surface area (Å²) in [4.78, 5) is 12.2. The molecule has 23 heavy (non-hydrogen) atoms. The Bertz CT molecular complexity index is 540. The zero-order valence-corrected chi connectivity index (χ0v) is 15.2. The molecule has 0 radical (unpaired) electrons. The van der Waals surface area contributed by atoms with Gasteiger partial charge in [0.1, 0.15) is 5.78 Å². The van der Waals surface area contributed by atoms with Gasteiger partial charge in [0.15, 0.2) is 0 Å². The largest absolute Gasteiger partial charge is 0.386 e. The molecule has 2 heteroatoms. The van der Waals surface area contributed by atoms with Crippen molar-refractivity contribution >= 4 is 5.78 Å². The monoisotopic (exact) mass is 315 g/mol. The Hall–Kier alpha value is -0.790. The van der Waals surface area contributed by atoms with E-state index in [1.165, 1.54) is 44.2 Å². The number of hydrogen-bond donors (Lipinski definition) is 1. The van der Waals surface area contributed by atoms with Gasteiger partial charge in [0.05, 0.1) is 0 Å². The first-order valence-corrected chi connectivity index (χ1v) is 9.81. The number of rotatable bonds is 1. The number of piperidine rings is 1. The van der Waals surface area contributed by atoms with Gasteiger partial charge in [0.2, 0.25) is 0 Å². The topological polar surface area (TPSA) is 29.1 Å². The Morgan fingerprint density at radius 1 is 1.04 bits per heavy atom. The Morgan fingerprint density at radius 2 is 1.78 bits per heavy atom. The molecule has 1 aliphatic heterocycles. The highest BCUT2D eigenvalue weighted by atomic mass is 16.1. The second kappa shape index (κ2) is 5.10. The fourth-order valence-electron chi connectivity index (χ4n) is 7.46. The molecule has 4 rings (SSSR count). The lowest BCUT2D eigenvalue weighted by atomic mass is 9.47. The van der Waals surface area contributed by atoms with Gasteiger partial charge in [-0.1, -0.05) is 20.4 Å². The zero-order chi connectivity index (χ0) is 16.4. The van der Waals surface area contributed by atoms with Crippen LogP contribution in [0.5, 0.6) is 0 Å². The molecular weight excluding hydrogens is 282 g/mol. The Balaban J connectivity index is 1.63. The van der Waals surface area contributed by atoms with Gasteiger partial charge in [-0.25, -0.2) is 0 Å². The molecule has 1 N–H and O–H groups in total. The molecule has 2 nitrogen and oxygen atoms in total. The summed E-state index contributed by atoms with van der Waals surface area (Å²) in [6.07, 6.45) is 10.2. The summed E-state index contributed by atoms with van der Waals surface area (Å²) >= 11 is 0. The zero-order valence-electron chi connectivity index (χ0n) is 15.2. The van der Waals surface area contributed by atoms with Gasteiger partial charge in [-0.3, -0.25) is 4.79 Å². The average molecular weight is 316 g/mol. The van der Waals surface area contributed by atoms with E-state index in [-0.39, 0.29) is 0 Å². The molecule has 1 heterocycles. The molecule has 7 atom stereocenters. The van der Waals surface area contributed by atoms with Gasteiger partial charge in [0.25, 0.3) is 0 Å². The number of fused-ring (bicyclic) bond motifs is 5. The fraction of sp³-hybridized carbons (Fsp3) is 0.857. The van der Waals surface area contributed by atoms with Gasteiger partial charge < -0.3 is 5.32 Å². The summed E-state index contributed by atoms with van der Waals surface area (Å²) in [5, 5.41) is 3.74. The molecule has 0 aromatic heterocycles. The van der Waals surface area contributed by atoms with Gasteiger partial charge in [-0.2, -0.15) is 0 Å². The maximum absolute atomic E-state index is 12.2. The average Bonchev–Trinajstić information content (AvgIpc) is 2.85. The van der Waals surface area contributed by atoms with Gasteiger partial charge in [-0.15, -0.1) is 0 Å². The van der Waals surface area contributed by atoms with Crippen molar-refractivity contribution in [1.82, 2.24) is 5.32 Å². The fourth-order valence-corrected chi connectivity index (χ4v) is 7.46. The van der Waals surface area contributed by atoms with Crippen LogP contribution in [0.15, 0.2) is 12.3 Å². The van der Waals surface area contributed by atoms with Gasteiger partial charge in [0, 0.05) is 17.7 Å². The third-order valence-corrected chi connectivity index (χ3v) is 8.70. The molecule has 7 unspecified atom stereocenters. The SMILES string of the molecule is C=C1CCC2(C)C(CCC3C2CCC2(C)C(C(C)=O)CCC32)N1. The normalized spacial score (nSPS) is 52.1. The standard InChI is InChI=1S/C21H33NO/c1-13-9-11-21(4)18-10-12-20(3)16(14(2)23)6-7-17(20)15(18)5-8-19(21)22-13/h15-19,22H,1,5-12H2,2-4H3. The van der Waals surface area contributed by atoms with Crippen LogP contribution in [0.25, 0.3) is 0 Å². The van der Waals surface area contributed by atoms with Crippen molar-refractivity contribution in [3.8, 4) is 0 Å². The number of nitrogens with one attached hydrogen (secondary N) is 1. The number of ketones is 1. The quantitative estimate of drug-likeness (QED) is 0.760. The lowest BCUT2D eigenvalue weighted by Crippen LogP contribution is -2.59. The maximum Gasteiger partial charge on any atom is 0.133 e. The molecule has 0 amide bonds. The molecule has 128 valence electrons. The van der Waals surface area contributed by atoms with Crippen LogP contribution in [-0.4, -0.2) is 11.8 Å². The number of allylic oxidation sites excluding steroid dienone is 1. The van der Waals surface area contributed by atoms with E-state index in [1.54, 1.807) is 0 Å². The van der Waals surface area contributed by atoms with Crippen LogP contribution in [0.2, 0.25) is 0 Å². The molecule has 3 aliphatic carbocycles. The molecule has 1 saturated heterocycles. The second-order valence-corrected chi connectivity index (χ2v) is 9.55. The summed E-state index contributed by atoms with van der Waals surface area (Å²) < 4.78 is 0. The third kappa shape index (κ3) is 2.09. The minimum absolute atomic E-state index is 0.294. The van der Waals surface area contributed by atoms with Gasteiger partial charge in [-0.05, 0) is 86.9 Å². The molecule has 0 spiro atoms. The van der Waals surface area contributed by atoms with Crippen molar-refractivity contribution in [2.45, 2.75) is 78.2 Å². The summed E-state index contributed by atoms with van der Waals surface area (Å²) in [5.74, 6) is 3.28. The lowest BCUT2D eigenvalue weighted by molar-refractivity contribution is -0.130. The molecule has 4 aliphatic rings. The van der Waals surface area contributed by atoms with Crippen LogP contribution in [0.1, 0.15) is 72.1 Å². The van der Waals surface area contributed by atoms with Crippen molar-refractivity contribution in [1.29, 1.82) is 0 Å². The Labute approximate surface area is 141 Å². The van der Waals surface area contributed by atoms with Crippen molar-refractivity contribution < 1.29 is 4.79 Å². The van der Waals surface area contributed by atoms with Crippen LogP contribution in [0.4, 0.5) is 0 Å². The van der Waals surface area contributed by atoms with Crippen LogP contribution < -0.4 is 5.32 Å². The summed E-state index contributed by atoms with van der Waals surface area (Å²) in [5.41, 5.74) is 1.99. The van der Waals surface area contributed by atoms with E-state index < -0.39 is 0 Å². The summed E-state index contributed by atoms with van der Waals surface area (Å²) in [6, 6.07) is 0.638. The number of carbonyl (C=O) groups is 1. The van der Waals surface area contributed by atoms with Crippen molar-refractivity contribution in [2.24, 2.45) is 34.5 Å². The second-order valence-electron chi connectivity index (χ2n) is 9.55. The predicted molar refractivity (Wildman–Crippen MR) is 93.9 cm³/mol. The highest BCUT2D eigenvalue weighted by Gasteiger charge is 2.60. The van der Waals surface area contributed by atoms with E-state index in [4.69, 9.17) is 0 Å². The smallest absolute Gasteiger partial charge is 0.133 e. The number of carbonyl (C=O) groups excluding carboxylic acids is 1. The van der Waals surface area contributed by atoms with Crippen LogP contribution in [0.3, 0.4) is 0 Å². The maximum atomic E-state index is 12.2. The van der Waals surface area contributed by atoms with Gasteiger partial charge >= 0.3 is 0 Å². The van der Waals surface area contributed by atoms with Crippen LogP contribution >= 0.6 is 0 Å². The van der Waals surface area contributed by atoms with Crippen molar-refractivity contribution in [3.05, 3.63) is 12.3 Å². The van der Waals surface area contributed by atoms with E-state index in [0.717, 1.165) is 30.6 Å². The molecule has 0 aromatic carbocycles. The first kappa shape index (κ1) is 15.7. The van der Waals surface area contributed by atoms with E-state index in [2.05, 4.69) is 25.7 Å². The molecule has 4 fully saturated rings. The molecule has 0 bridgehead atoms. The predicted octanol–water partition coefficient (Wildman–Crippen LogP) is 4.70. The van der Waals surface area contributed by atoms with Crippen molar-refractivity contribution in [2.75, 3.05) is 0 Å². The molecular formula is C21H33NO. The first-order chi connectivity index (χ1) is 10.9. The number of Topliss-reactive ketones (excluding diaryl/α,β-unsaturated/α-hetero) is 1. The highest BCUT2D eigenvalue weighted by molar-refractivity contribution is 5.79. The Kier molecular flexibility index (Phi) is 3.49.